The number of aromatic nitrogens is 2. The smallest absolute Gasteiger partial charge is 0.247 e. The lowest BCUT2D eigenvalue weighted by molar-refractivity contribution is 0.272. The van der Waals surface area contributed by atoms with Crippen molar-refractivity contribution in [2.75, 3.05) is 0 Å². The molecule has 2 heterocycles. The molecule has 0 amide bonds. The van der Waals surface area contributed by atoms with E-state index in [-0.39, 0.29) is 16.6 Å². The molecule has 0 unspecified atom stereocenters. The number of thiophene rings is 1. The van der Waals surface area contributed by atoms with E-state index in [9.17, 15) is 13.5 Å². The molecule has 2 aromatic heterocycles. The fraction of sp³-hybridized carbons (Fsp3) is 0.462. The predicted octanol–water partition coefficient (Wildman–Crippen LogP) is 1.63. The molecule has 3 rings (SSSR count). The molecule has 0 aromatic carbocycles. The first-order valence-electron chi connectivity index (χ1n) is 6.71. The minimum atomic E-state index is -3.66. The lowest BCUT2D eigenvalue weighted by atomic mass is 10.3. The zero-order valence-corrected chi connectivity index (χ0v) is 13.2. The van der Waals surface area contributed by atoms with Crippen molar-refractivity contribution < 1.29 is 13.5 Å². The van der Waals surface area contributed by atoms with E-state index in [1.54, 1.807) is 18.3 Å². The Kier molecular flexibility index (Phi) is 3.87. The monoisotopic (exact) mass is 327 g/mol. The number of nitrogens with zero attached hydrogens (tertiary/aromatic N) is 2. The van der Waals surface area contributed by atoms with Gasteiger partial charge in [-0.1, -0.05) is 0 Å². The van der Waals surface area contributed by atoms with Gasteiger partial charge in [0.05, 0.1) is 12.3 Å². The Morgan fingerprint density at radius 2 is 2.29 bits per heavy atom. The van der Waals surface area contributed by atoms with E-state index in [0.29, 0.717) is 12.2 Å². The van der Waals surface area contributed by atoms with Gasteiger partial charge in [0.1, 0.15) is 10.6 Å². The highest BCUT2D eigenvalue weighted by atomic mass is 32.2. The number of hydrogen-bond acceptors (Lipinski definition) is 5. The quantitative estimate of drug-likeness (QED) is 0.844. The van der Waals surface area contributed by atoms with Gasteiger partial charge < -0.3 is 5.11 Å². The largest absolute Gasteiger partial charge is 0.390 e. The van der Waals surface area contributed by atoms with Gasteiger partial charge >= 0.3 is 0 Å². The predicted molar refractivity (Wildman–Crippen MR) is 79.3 cm³/mol. The number of aromatic amines is 1. The molecular formula is C13H17N3O3S2. The van der Waals surface area contributed by atoms with Crippen LogP contribution in [0.1, 0.15) is 29.8 Å². The number of nitrogens with one attached hydrogen (secondary N) is 1. The van der Waals surface area contributed by atoms with Crippen LogP contribution in [0.4, 0.5) is 0 Å². The Morgan fingerprint density at radius 3 is 2.86 bits per heavy atom. The molecule has 1 saturated carbocycles. The molecule has 0 spiro atoms. The molecule has 2 N–H and O–H groups in total. The minimum Gasteiger partial charge on any atom is -0.390 e. The van der Waals surface area contributed by atoms with E-state index in [1.165, 1.54) is 4.31 Å². The van der Waals surface area contributed by atoms with Crippen LogP contribution in [-0.2, 0) is 23.2 Å². The van der Waals surface area contributed by atoms with E-state index in [0.717, 1.165) is 18.4 Å². The molecule has 1 fully saturated rings. The van der Waals surface area contributed by atoms with Crippen molar-refractivity contribution in [2.45, 2.75) is 43.9 Å². The number of aliphatic hydroxyl groups is 1. The second-order valence-corrected chi connectivity index (χ2v) is 7.80. The van der Waals surface area contributed by atoms with Crippen molar-refractivity contribution in [3.63, 3.8) is 0 Å². The second-order valence-electron chi connectivity index (χ2n) is 5.20. The summed E-state index contributed by atoms with van der Waals surface area (Å²) in [5.41, 5.74) is 1.64. The topological polar surface area (TPSA) is 86.3 Å². The van der Waals surface area contributed by atoms with Crippen LogP contribution < -0.4 is 0 Å². The Hall–Kier alpha value is -1.22. The maximum atomic E-state index is 13.0. The normalized spacial score (nSPS) is 15.8. The summed E-state index contributed by atoms with van der Waals surface area (Å²) in [6, 6.07) is 1.99. The number of hydrogen-bond donors (Lipinski definition) is 2. The molecular weight excluding hydrogens is 310 g/mol. The third-order valence-electron chi connectivity index (χ3n) is 3.55. The van der Waals surface area contributed by atoms with Crippen molar-refractivity contribution in [2.24, 2.45) is 0 Å². The molecule has 0 saturated heterocycles. The van der Waals surface area contributed by atoms with Crippen molar-refractivity contribution in [1.29, 1.82) is 0 Å². The van der Waals surface area contributed by atoms with Crippen molar-refractivity contribution in [1.82, 2.24) is 14.5 Å². The van der Waals surface area contributed by atoms with E-state index < -0.39 is 16.6 Å². The third-order valence-corrected chi connectivity index (χ3v) is 6.38. The first-order valence-corrected chi connectivity index (χ1v) is 9.10. The van der Waals surface area contributed by atoms with E-state index in [1.807, 2.05) is 16.8 Å². The lowest BCUT2D eigenvalue weighted by Gasteiger charge is -2.21. The van der Waals surface area contributed by atoms with Crippen molar-refractivity contribution in [3.05, 3.63) is 33.8 Å². The minimum absolute atomic E-state index is 0.0516. The lowest BCUT2D eigenvalue weighted by Crippen LogP contribution is -2.33. The first-order chi connectivity index (χ1) is 10.0. The fourth-order valence-corrected chi connectivity index (χ4v) is 5.03. The maximum Gasteiger partial charge on any atom is 0.247 e. The third kappa shape index (κ3) is 2.76. The van der Waals surface area contributed by atoms with Gasteiger partial charge in [0, 0.05) is 12.6 Å². The van der Waals surface area contributed by atoms with Crippen LogP contribution in [0.2, 0.25) is 0 Å². The summed E-state index contributed by atoms with van der Waals surface area (Å²) in [7, 11) is -3.66. The summed E-state index contributed by atoms with van der Waals surface area (Å²) in [5.74, 6) is 0. The van der Waals surface area contributed by atoms with Crippen LogP contribution in [0.25, 0.3) is 0 Å². The van der Waals surface area contributed by atoms with E-state index in [2.05, 4.69) is 10.2 Å². The number of rotatable bonds is 6. The number of sulfonamides is 1. The fourth-order valence-electron chi connectivity index (χ4n) is 2.37. The van der Waals surface area contributed by atoms with Crippen LogP contribution in [0, 0.1) is 6.92 Å². The molecule has 0 atom stereocenters. The summed E-state index contributed by atoms with van der Waals surface area (Å²) in [5, 5.41) is 19.8. The van der Waals surface area contributed by atoms with Gasteiger partial charge in [0.2, 0.25) is 10.0 Å². The van der Waals surface area contributed by atoms with E-state index in [4.69, 9.17) is 0 Å². The highest BCUT2D eigenvalue weighted by molar-refractivity contribution is 7.89. The van der Waals surface area contributed by atoms with Gasteiger partial charge in [-0.25, -0.2) is 8.42 Å². The molecule has 1 aliphatic carbocycles. The van der Waals surface area contributed by atoms with Crippen LogP contribution in [0.5, 0.6) is 0 Å². The summed E-state index contributed by atoms with van der Waals surface area (Å²) < 4.78 is 27.5. The molecule has 114 valence electrons. The number of H-pyrrole nitrogens is 1. The standard InChI is InChI=1S/C13H17N3O3S2/c1-9-13(12(7-17)15-14-9)21(18,19)16(11-2-3-11)6-10-4-5-20-8-10/h4-5,8,11,17H,2-3,6-7H2,1H3,(H,14,15). The first kappa shape index (κ1) is 14.7. The summed E-state index contributed by atoms with van der Waals surface area (Å²) >= 11 is 1.55. The van der Waals surface area contributed by atoms with Gasteiger partial charge in [-0.15, -0.1) is 0 Å². The second kappa shape index (κ2) is 5.53. The Morgan fingerprint density at radius 1 is 1.52 bits per heavy atom. The van der Waals surface area contributed by atoms with Crippen molar-refractivity contribution in [3.8, 4) is 0 Å². The molecule has 8 heteroatoms. The van der Waals surface area contributed by atoms with Crippen LogP contribution in [0.3, 0.4) is 0 Å². The van der Waals surface area contributed by atoms with E-state index >= 15 is 0 Å². The average Bonchev–Trinajstić information content (AvgIpc) is 3.00. The summed E-state index contributed by atoms with van der Waals surface area (Å²) in [6.07, 6.45) is 1.77. The highest BCUT2D eigenvalue weighted by Gasteiger charge is 2.40. The van der Waals surface area contributed by atoms with Gasteiger partial charge in [0.15, 0.2) is 0 Å². The van der Waals surface area contributed by atoms with Gasteiger partial charge in [-0.3, -0.25) is 5.10 Å². The van der Waals surface area contributed by atoms with Crippen LogP contribution in [0.15, 0.2) is 21.7 Å². The summed E-state index contributed by atoms with van der Waals surface area (Å²) in [6.45, 7) is 1.64. The van der Waals surface area contributed by atoms with Gasteiger partial charge in [0.25, 0.3) is 0 Å². The van der Waals surface area contributed by atoms with Gasteiger partial charge in [-0.05, 0) is 42.2 Å². The molecule has 0 bridgehead atoms. The highest BCUT2D eigenvalue weighted by Crippen LogP contribution is 2.35. The SMILES string of the molecule is Cc1[nH]nc(CO)c1S(=O)(=O)N(Cc1ccsc1)C1CC1. The maximum absolute atomic E-state index is 13.0. The molecule has 1 aliphatic rings. The Bertz CT molecular complexity index is 718. The number of aryl methyl sites for hydroxylation is 1. The molecule has 21 heavy (non-hydrogen) atoms. The Labute approximate surface area is 127 Å². The van der Waals surface area contributed by atoms with Crippen molar-refractivity contribution >= 4 is 21.4 Å². The molecule has 6 nitrogen and oxygen atoms in total. The van der Waals surface area contributed by atoms with Crippen LogP contribution >= 0.6 is 11.3 Å². The molecule has 0 radical (unpaired) electrons. The van der Waals surface area contributed by atoms with Gasteiger partial charge in [-0.2, -0.15) is 20.7 Å². The Balaban J connectivity index is 1.99. The average molecular weight is 327 g/mol. The summed E-state index contributed by atoms with van der Waals surface area (Å²) in [4.78, 5) is 0.118. The zero-order valence-electron chi connectivity index (χ0n) is 11.6. The van der Waals surface area contributed by atoms with Crippen LogP contribution in [-0.4, -0.2) is 34.1 Å². The molecule has 2 aromatic rings. The number of aliphatic hydroxyl groups excluding tert-OH is 1. The molecule has 0 aliphatic heterocycles. The zero-order chi connectivity index (χ0) is 15.0.